The van der Waals surface area contributed by atoms with Gasteiger partial charge in [0.15, 0.2) is 5.69 Å². The van der Waals surface area contributed by atoms with Crippen LogP contribution in [0.15, 0.2) is 45.7 Å². The van der Waals surface area contributed by atoms with Gasteiger partial charge in [0, 0.05) is 6.20 Å². The Kier molecular flexibility index (Phi) is 5.19. The van der Waals surface area contributed by atoms with Gasteiger partial charge in [-0.1, -0.05) is 12.1 Å². The molecule has 0 bridgehead atoms. The number of benzene rings is 1. The van der Waals surface area contributed by atoms with Crippen molar-refractivity contribution in [3.63, 3.8) is 0 Å². The summed E-state index contributed by atoms with van der Waals surface area (Å²) in [5.74, 6) is -0.461. The van der Waals surface area contributed by atoms with Gasteiger partial charge in [0.2, 0.25) is 0 Å². The van der Waals surface area contributed by atoms with E-state index >= 15 is 0 Å². The van der Waals surface area contributed by atoms with E-state index in [1.54, 1.807) is 6.07 Å². The number of carbonyl (C=O) groups is 1. The first-order chi connectivity index (χ1) is 12.2. The van der Waals surface area contributed by atoms with Crippen molar-refractivity contribution in [3.05, 3.63) is 62.6 Å². The van der Waals surface area contributed by atoms with Crippen molar-refractivity contribution >= 4 is 43.5 Å². The molecule has 2 N–H and O–H groups in total. The number of aromatic nitrogens is 4. The Bertz CT molecular complexity index is 951. The van der Waals surface area contributed by atoms with Crippen LogP contribution in [0.1, 0.15) is 21.6 Å². The Hall–Kier alpha value is -2.14. The summed E-state index contributed by atoms with van der Waals surface area (Å²) >= 11 is 6.41. The van der Waals surface area contributed by atoms with Gasteiger partial charge < -0.3 is 5.32 Å². The zero-order valence-corrected chi connectivity index (χ0v) is 16.0. The van der Waals surface area contributed by atoms with E-state index in [2.05, 4.69) is 52.5 Å². The van der Waals surface area contributed by atoms with Gasteiger partial charge in [0.1, 0.15) is 4.60 Å². The van der Waals surface area contributed by atoms with Crippen LogP contribution in [0.3, 0.4) is 0 Å². The number of anilines is 1. The van der Waals surface area contributed by atoms with Gasteiger partial charge in [-0.3, -0.25) is 14.6 Å². The molecule has 2 heterocycles. The number of halogens is 5. The number of amides is 1. The molecule has 0 unspecified atom stereocenters. The third-order valence-electron chi connectivity index (χ3n) is 3.37. The Balaban J connectivity index is 1.71. The molecule has 1 aromatic carbocycles. The van der Waals surface area contributed by atoms with Gasteiger partial charge in [0.25, 0.3) is 5.91 Å². The molecule has 0 fully saturated rings. The minimum absolute atomic E-state index is 0.136. The molecule has 3 aromatic rings. The normalized spacial score (nSPS) is 11.6. The van der Waals surface area contributed by atoms with Gasteiger partial charge in [-0.2, -0.15) is 23.4 Å². The summed E-state index contributed by atoms with van der Waals surface area (Å²) in [6.45, 7) is 0.136. The molecule has 11 heteroatoms. The average Bonchev–Trinajstić information content (AvgIpc) is 3.14. The predicted octanol–water partition coefficient (Wildman–Crippen LogP) is 4.45. The molecule has 0 aliphatic rings. The lowest BCUT2D eigenvalue weighted by molar-refractivity contribution is -0.137. The first kappa shape index (κ1) is 18.6. The standard InChI is InChI=1S/C15H10Br2F3N5O/c16-11-12(23-24-13(11)17)14(26)22-10-5-21-25(7-10)6-8-2-1-3-9(4-8)15(18,19)20/h1-5,7H,6H2,(H,22,26)(H,23,24). The molecule has 0 radical (unpaired) electrons. The van der Waals surface area contributed by atoms with Crippen LogP contribution in [0.2, 0.25) is 0 Å². The Morgan fingerprint density at radius 1 is 1.31 bits per heavy atom. The van der Waals surface area contributed by atoms with Crippen LogP contribution in [-0.4, -0.2) is 25.9 Å². The van der Waals surface area contributed by atoms with E-state index in [0.29, 0.717) is 20.3 Å². The van der Waals surface area contributed by atoms with Crippen LogP contribution in [0.4, 0.5) is 18.9 Å². The molecule has 0 spiro atoms. The van der Waals surface area contributed by atoms with Crippen molar-refractivity contribution in [2.24, 2.45) is 0 Å². The SMILES string of the molecule is O=C(Nc1cnn(Cc2cccc(C(F)(F)F)c2)c1)c1n[nH]c(Br)c1Br. The van der Waals surface area contributed by atoms with E-state index in [1.807, 2.05) is 0 Å². The largest absolute Gasteiger partial charge is 0.416 e. The number of carbonyl (C=O) groups excluding carboxylic acids is 1. The van der Waals surface area contributed by atoms with Gasteiger partial charge in [-0.25, -0.2) is 0 Å². The number of nitrogens with zero attached hydrogens (tertiary/aromatic N) is 3. The van der Waals surface area contributed by atoms with E-state index in [0.717, 1.165) is 12.1 Å². The smallest absolute Gasteiger partial charge is 0.318 e. The fourth-order valence-electron chi connectivity index (χ4n) is 2.20. The summed E-state index contributed by atoms with van der Waals surface area (Å²) in [4.78, 5) is 12.2. The van der Waals surface area contributed by atoms with Crippen molar-refractivity contribution in [1.29, 1.82) is 0 Å². The fourth-order valence-corrected chi connectivity index (χ4v) is 2.83. The molecule has 0 atom stereocenters. The summed E-state index contributed by atoms with van der Waals surface area (Å²) in [6, 6.07) is 5.00. The number of hydrogen-bond acceptors (Lipinski definition) is 3. The molecule has 6 nitrogen and oxygen atoms in total. The number of H-pyrrole nitrogens is 1. The lowest BCUT2D eigenvalue weighted by Gasteiger charge is -2.08. The second kappa shape index (κ2) is 7.23. The Morgan fingerprint density at radius 2 is 2.08 bits per heavy atom. The number of aromatic amines is 1. The van der Waals surface area contributed by atoms with Gasteiger partial charge in [-0.05, 0) is 49.6 Å². The predicted molar refractivity (Wildman–Crippen MR) is 94.7 cm³/mol. The minimum atomic E-state index is -4.40. The number of nitrogens with one attached hydrogen (secondary N) is 2. The average molecular weight is 493 g/mol. The minimum Gasteiger partial charge on any atom is -0.318 e. The van der Waals surface area contributed by atoms with Gasteiger partial charge in [0.05, 0.1) is 28.5 Å². The summed E-state index contributed by atoms with van der Waals surface area (Å²) < 4.78 is 40.7. The lowest BCUT2D eigenvalue weighted by Crippen LogP contribution is -2.12. The molecule has 0 aliphatic carbocycles. The van der Waals surface area contributed by atoms with Crippen molar-refractivity contribution in [2.45, 2.75) is 12.7 Å². The van der Waals surface area contributed by atoms with Crippen molar-refractivity contribution in [3.8, 4) is 0 Å². The first-order valence-electron chi connectivity index (χ1n) is 7.13. The maximum atomic E-state index is 12.8. The van der Waals surface area contributed by atoms with Crippen LogP contribution in [0, 0.1) is 0 Å². The Labute approximate surface area is 162 Å². The van der Waals surface area contributed by atoms with Crippen LogP contribution in [-0.2, 0) is 12.7 Å². The second-order valence-electron chi connectivity index (χ2n) is 5.28. The molecular formula is C15H10Br2F3N5O. The van der Waals surface area contributed by atoms with Crippen LogP contribution in [0.5, 0.6) is 0 Å². The molecular weight excluding hydrogens is 483 g/mol. The van der Waals surface area contributed by atoms with Crippen LogP contribution in [0.25, 0.3) is 0 Å². The molecule has 26 heavy (non-hydrogen) atoms. The van der Waals surface area contributed by atoms with Crippen LogP contribution < -0.4 is 5.32 Å². The second-order valence-corrected chi connectivity index (χ2v) is 6.87. The third kappa shape index (κ3) is 4.15. The van der Waals surface area contributed by atoms with Crippen molar-refractivity contribution in [1.82, 2.24) is 20.0 Å². The number of alkyl halides is 3. The summed E-state index contributed by atoms with van der Waals surface area (Å²) in [5, 5.41) is 13.1. The molecule has 2 aromatic heterocycles. The van der Waals surface area contributed by atoms with Crippen LogP contribution >= 0.6 is 31.9 Å². The van der Waals surface area contributed by atoms with E-state index in [-0.39, 0.29) is 12.2 Å². The summed E-state index contributed by atoms with van der Waals surface area (Å²) in [7, 11) is 0. The van der Waals surface area contributed by atoms with Gasteiger partial charge >= 0.3 is 6.18 Å². The molecule has 1 amide bonds. The monoisotopic (exact) mass is 491 g/mol. The molecule has 136 valence electrons. The van der Waals surface area contributed by atoms with E-state index in [4.69, 9.17) is 0 Å². The topological polar surface area (TPSA) is 75.6 Å². The first-order valence-corrected chi connectivity index (χ1v) is 8.72. The molecule has 3 rings (SSSR count). The number of hydrogen-bond donors (Lipinski definition) is 2. The van der Waals surface area contributed by atoms with E-state index in [9.17, 15) is 18.0 Å². The van der Waals surface area contributed by atoms with Crippen molar-refractivity contribution < 1.29 is 18.0 Å². The maximum absolute atomic E-state index is 12.8. The molecule has 0 saturated heterocycles. The Morgan fingerprint density at radius 3 is 2.73 bits per heavy atom. The zero-order chi connectivity index (χ0) is 18.9. The zero-order valence-electron chi connectivity index (χ0n) is 12.8. The van der Waals surface area contributed by atoms with Gasteiger partial charge in [-0.15, -0.1) is 0 Å². The van der Waals surface area contributed by atoms with E-state index in [1.165, 1.54) is 23.1 Å². The number of rotatable bonds is 4. The lowest BCUT2D eigenvalue weighted by atomic mass is 10.1. The molecule has 0 saturated carbocycles. The highest BCUT2D eigenvalue weighted by atomic mass is 79.9. The quantitative estimate of drug-likeness (QED) is 0.565. The summed E-state index contributed by atoms with van der Waals surface area (Å²) in [6.07, 6.45) is -1.47. The molecule has 0 aliphatic heterocycles. The summed E-state index contributed by atoms with van der Waals surface area (Å²) in [5.41, 5.74) is 0.278. The third-order valence-corrected chi connectivity index (χ3v) is 5.25. The van der Waals surface area contributed by atoms with Crippen molar-refractivity contribution in [2.75, 3.05) is 5.32 Å². The fraction of sp³-hybridized carbons (Fsp3) is 0.133. The highest BCUT2D eigenvalue weighted by Crippen LogP contribution is 2.29. The highest BCUT2D eigenvalue weighted by Gasteiger charge is 2.30. The highest BCUT2D eigenvalue weighted by molar-refractivity contribution is 9.13. The maximum Gasteiger partial charge on any atom is 0.416 e. The van der Waals surface area contributed by atoms with E-state index < -0.39 is 17.6 Å².